The Labute approximate surface area is 114 Å². The monoisotopic (exact) mass is 267 g/mol. The van der Waals surface area contributed by atoms with Crippen LogP contribution in [0.5, 0.6) is 5.75 Å². The van der Waals surface area contributed by atoms with Gasteiger partial charge >= 0.3 is 0 Å². The molecule has 0 aliphatic heterocycles. The van der Waals surface area contributed by atoms with Crippen LogP contribution >= 0.6 is 11.6 Å². The summed E-state index contributed by atoms with van der Waals surface area (Å²) in [5, 5.41) is 0.672. The lowest BCUT2D eigenvalue weighted by atomic mass is 9.74. The van der Waals surface area contributed by atoms with E-state index in [2.05, 4.69) is 13.8 Å². The minimum Gasteiger partial charge on any atom is -0.487 e. The van der Waals surface area contributed by atoms with Crippen LogP contribution in [0.3, 0.4) is 0 Å². The van der Waals surface area contributed by atoms with E-state index in [1.807, 2.05) is 25.1 Å². The van der Waals surface area contributed by atoms with Gasteiger partial charge in [0.05, 0.1) is 5.02 Å². The van der Waals surface area contributed by atoms with Crippen molar-refractivity contribution >= 4 is 11.6 Å². The van der Waals surface area contributed by atoms with Gasteiger partial charge in [0.1, 0.15) is 11.9 Å². The average Bonchev–Trinajstić information content (AvgIpc) is 2.27. The Morgan fingerprint density at radius 2 is 2.11 bits per heavy atom. The summed E-state index contributed by atoms with van der Waals surface area (Å²) in [4.78, 5) is 0. The highest BCUT2D eigenvalue weighted by Gasteiger charge is 2.34. The number of benzene rings is 1. The van der Waals surface area contributed by atoms with E-state index in [4.69, 9.17) is 22.1 Å². The maximum atomic E-state index is 6.20. The predicted molar refractivity (Wildman–Crippen MR) is 76.2 cm³/mol. The summed E-state index contributed by atoms with van der Waals surface area (Å²) in [5.41, 5.74) is 7.60. The van der Waals surface area contributed by atoms with Crippen LogP contribution in [0.25, 0.3) is 0 Å². The highest BCUT2D eigenvalue weighted by Crippen LogP contribution is 2.37. The molecule has 0 amide bonds. The third kappa shape index (κ3) is 3.18. The van der Waals surface area contributed by atoms with Crippen LogP contribution in [-0.2, 0) is 0 Å². The van der Waals surface area contributed by atoms with E-state index in [0.717, 1.165) is 30.6 Å². The van der Waals surface area contributed by atoms with Crippen molar-refractivity contribution in [3.8, 4) is 5.75 Å². The van der Waals surface area contributed by atoms with Crippen LogP contribution in [0.4, 0.5) is 0 Å². The zero-order chi connectivity index (χ0) is 13.3. The number of halogens is 1. The number of nitrogens with two attached hydrogens (primary N) is 1. The third-order valence-electron chi connectivity index (χ3n) is 3.75. The molecule has 1 aromatic carbocycles. The molecule has 100 valence electrons. The molecular formula is C15H22ClNO. The molecule has 0 heterocycles. The van der Waals surface area contributed by atoms with Crippen LogP contribution in [0, 0.1) is 12.3 Å². The minimum absolute atomic E-state index is 0.0638. The molecule has 2 nitrogen and oxygen atoms in total. The fourth-order valence-corrected chi connectivity index (χ4v) is 2.81. The average molecular weight is 268 g/mol. The van der Waals surface area contributed by atoms with Crippen LogP contribution in [0.1, 0.15) is 38.7 Å². The van der Waals surface area contributed by atoms with Gasteiger partial charge in [0, 0.05) is 6.04 Å². The van der Waals surface area contributed by atoms with Crippen molar-refractivity contribution in [2.75, 3.05) is 0 Å². The second-order valence-corrected chi connectivity index (χ2v) is 6.57. The standard InChI is InChI=1S/C15H22ClNO/c1-10-4-5-13(11(16)8-10)18-14-9-15(2,3)7-6-12(14)17/h4-5,8,12,14H,6-7,9,17H2,1-3H3. The molecule has 1 aliphatic rings. The smallest absolute Gasteiger partial charge is 0.138 e. The summed E-state index contributed by atoms with van der Waals surface area (Å²) in [5.74, 6) is 0.750. The third-order valence-corrected chi connectivity index (χ3v) is 4.05. The van der Waals surface area contributed by atoms with E-state index < -0.39 is 0 Å². The number of rotatable bonds is 2. The van der Waals surface area contributed by atoms with Crippen molar-refractivity contribution < 1.29 is 4.74 Å². The molecule has 3 heteroatoms. The molecule has 2 N–H and O–H groups in total. The van der Waals surface area contributed by atoms with E-state index >= 15 is 0 Å². The molecule has 0 radical (unpaired) electrons. The van der Waals surface area contributed by atoms with Gasteiger partial charge in [-0.1, -0.05) is 31.5 Å². The van der Waals surface area contributed by atoms with Crippen molar-refractivity contribution in [2.24, 2.45) is 11.1 Å². The van der Waals surface area contributed by atoms with Crippen LogP contribution in [0.2, 0.25) is 5.02 Å². The number of hydrogen-bond acceptors (Lipinski definition) is 2. The summed E-state index contributed by atoms with van der Waals surface area (Å²) < 4.78 is 6.03. The van der Waals surface area contributed by atoms with Crippen molar-refractivity contribution in [2.45, 2.75) is 52.2 Å². The lowest BCUT2D eigenvalue weighted by molar-refractivity contribution is 0.0670. The fraction of sp³-hybridized carbons (Fsp3) is 0.600. The molecule has 2 rings (SSSR count). The molecular weight excluding hydrogens is 246 g/mol. The zero-order valence-corrected chi connectivity index (χ0v) is 12.1. The Hall–Kier alpha value is -0.730. The van der Waals surface area contributed by atoms with Gasteiger partial charge in [-0.3, -0.25) is 0 Å². The predicted octanol–water partition coefficient (Wildman–Crippen LogP) is 3.93. The van der Waals surface area contributed by atoms with Crippen molar-refractivity contribution in [1.82, 2.24) is 0 Å². The molecule has 1 aliphatic carbocycles. The first-order valence-electron chi connectivity index (χ1n) is 6.56. The molecule has 0 saturated heterocycles. The second-order valence-electron chi connectivity index (χ2n) is 6.16. The Morgan fingerprint density at radius 1 is 1.39 bits per heavy atom. The van der Waals surface area contributed by atoms with Crippen molar-refractivity contribution in [3.63, 3.8) is 0 Å². The zero-order valence-electron chi connectivity index (χ0n) is 11.4. The van der Waals surface area contributed by atoms with Crippen LogP contribution in [-0.4, -0.2) is 12.1 Å². The van der Waals surface area contributed by atoms with Crippen LogP contribution in [0.15, 0.2) is 18.2 Å². The van der Waals surface area contributed by atoms with Gasteiger partial charge in [-0.25, -0.2) is 0 Å². The van der Waals surface area contributed by atoms with Gasteiger partial charge in [0.25, 0.3) is 0 Å². The molecule has 1 saturated carbocycles. The first-order valence-corrected chi connectivity index (χ1v) is 6.94. The van der Waals surface area contributed by atoms with E-state index in [-0.39, 0.29) is 12.1 Å². The quantitative estimate of drug-likeness (QED) is 0.881. The second kappa shape index (κ2) is 5.10. The number of hydrogen-bond donors (Lipinski definition) is 1. The Balaban J connectivity index is 2.12. The number of aryl methyl sites for hydroxylation is 1. The Morgan fingerprint density at radius 3 is 2.78 bits per heavy atom. The Kier molecular flexibility index (Phi) is 3.88. The van der Waals surface area contributed by atoms with Gasteiger partial charge < -0.3 is 10.5 Å². The first-order chi connectivity index (χ1) is 8.37. The molecule has 0 bridgehead atoms. The largest absolute Gasteiger partial charge is 0.487 e. The molecule has 2 atom stereocenters. The summed E-state index contributed by atoms with van der Waals surface area (Å²) in [6, 6.07) is 5.98. The lowest BCUT2D eigenvalue weighted by Crippen LogP contribution is -2.46. The van der Waals surface area contributed by atoms with Gasteiger partial charge in [-0.05, 0) is 49.3 Å². The molecule has 0 aromatic heterocycles. The maximum Gasteiger partial charge on any atom is 0.138 e. The molecule has 2 unspecified atom stereocenters. The van der Waals surface area contributed by atoms with Crippen LogP contribution < -0.4 is 10.5 Å². The minimum atomic E-state index is 0.0638. The highest BCUT2D eigenvalue weighted by atomic mass is 35.5. The number of ether oxygens (including phenoxy) is 1. The summed E-state index contributed by atoms with van der Waals surface area (Å²) in [6.07, 6.45) is 3.23. The molecule has 1 aromatic rings. The highest BCUT2D eigenvalue weighted by molar-refractivity contribution is 6.32. The Bertz CT molecular complexity index is 431. The molecule has 1 fully saturated rings. The first kappa shape index (κ1) is 13.7. The lowest BCUT2D eigenvalue weighted by Gasteiger charge is -2.39. The fourth-order valence-electron chi connectivity index (χ4n) is 2.53. The van der Waals surface area contributed by atoms with Gasteiger partial charge in [0.2, 0.25) is 0 Å². The SMILES string of the molecule is Cc1ccc(OC2CC(C)(C)CCC2N)c(Cl)c1. The molecule has 0 spiro atoms. The van der Waals surface area contributed by atoms with Gasteiger partial charge in [-0.2, -0.15) is 0 Å². The normalized spacial score (nSPS) is 26.9. The molecule has 18 heavy (non-hydrogen) atoms. The summed E-state index contributed by atoms with van der Waals surface area (Å²) in [6.45, 7) is 6.56. The van der Waals surface area contributed by atoms with Gasteiger partial charge in [0.15, 0.2) is 0 Å². The van der Waals surface area contributed by atoms with E-state index in [1.165, 1.54) is 0 Å². The summed E-state index contributed by atoms with van der Waals surface area (Å²) >= 11 is 6.20. The topological polar surface area (TPSA) is 35.2 Å². The van der Waals surface area contributed by atoms with Gasteiger partial charge in [-0.15, -0.1) is 0 Å². The van der Waals surface area contributed by atoms with E-state index in [0.29, 0.717) is 10.4 Å². The van der Waals surface area contributed by atoms with Crippen molar-refractivity contribution in [3.05, 3.63) is 28.8 Å². The van der Waals surface area contributed by atoms with Crippen molar-refractivity contribution in [1.29, 1.82) is 0 Å². The summed E-state index contributed by atoms with van der Waals surface area (Å²) in [7, 11) is 0. The van der Waals surface area contributed by atoms with E-state index in [9.17, 15) is 0 Å². The van der Waals surface area contributed by atoms with E-state index in [1.54, 1.807) is 0 Å². The maximum absolute atomic E-state index is 6.20.